The number of nitrogens with one attached hydrogen (secondary N) is 6. The van der Waals surface area contributed by atoms with Crippen LogP contribution in [-0.2, 0) is 14.2 Å². The predicted molar refractivity (Wildman–Crippen MR) is 298 cm³/mol. The Morgan fingerprint density at radius 3 is 1.07 bits per heavy atom. The van der Waals surface area contributed by atoms with Gasteiger partial charge in [0.1, 0.15) is 0 Å². The molecule has 6 N–H and O–H groups in total. The summed E-state index contributed by atoms with van der Waals surface area (Å²) in [6.07, 6.45) is 40.2. The Labute approximate surface area is 433 Å². The molecule has 2 heterocycles. The van der Waals surface area contributed by atoms with Gasteiger partial charge in [0.2, 0.25) is 35.7 Å². The average Bonchev–Trinajstić information content (AvgIpc) is 3.38. The number of rotatable bonds is 46. The molecule has 2 aromatic rings. The summed E-state index contributed by atoms with van der Waals surface area (Å²) < 4.78 is 18.3. The Morgan fingerprint density at radius 1 is 0.338 bits per heavy atom. The van der Waals surface area contributed by atoms with E-state index in [0.29, 0.717) is 79.6 Å². The summed E-state index contributed by atoms with van der Waals surface area (Å²) in [5, 5.41) is 21.3. The molecule has 2 aromatic heterocycles. The standard InChI is InChI=1S/C56H106N12O3/c1-5-9-13-17-21-25-38-57-51-63-52(58-39-26-22-18-14-10-6-2)66-55(65-51)61-48-32-30-47(31-33-48)46-70-45-44-69-42-29-43-71-50-36-34-49(35-37-50)62-56-67-53(59-40-27-23-19-15-11-7-3)64-54(68-56)60-41-28-24-20-16-12-8-4/h47-50H,5-46H2,1-4H3,(H3,57,58,61,63,65,66)(H3,59,60,62,64,67,68). The third kappa shape index (κ3) is 29.9. The van der Waals surface area contributed by atoms with E-state index in [1.807, 2.05) is 0 Å². The Bertz CT molecular complexity index is 1360. The van der Waals surface area contributed by atoms with E-state index in [1.165, 1.54) is 128 Å². The summed E-state index contributed by atoms with van der Waals surface area (Å²) in [4.78, 5) is 28.7. The molecule has 0 amide bonds. The van der Waals surface area contributed by atoms with Crippen molar-refractivity contribution in [2.24, 2.45) is 5.92 Å². The number of hydrogen-bond acceptors (Lipinski definition) is 15. The zero-order valence-corrected chi connectivity index (χ0v) is 45.9. The van der Waals surface area contributed by atoms with Gasteiger partial charge in [0.15, 0.2) is 0 Å². The van der Waals surface area contributed by atoms with E-state index < -0.39 is 0 Å². The minimum absolute atomic E-state index is 0.296. The van der Waals surface area contributed by atoms with E-state index in [2.05, 4.69) is 59.6 Å². The summed E-state index contributed by atoms with van der Waals surface area (Å²) in [7, 11) is 0. The predicted octanol–water partition coefficient (Wildman–Crippen LogP) is 14.0. The summed E-state index contributed by atoms with van der Waals surface area (Å²) in [5.74, 6) is 4.59. The molecular formula is C56H106N12O3. The van der Waals surface area contributed by atoms with E-state index in [-0.39, 0.29) is 0 Å². The maximum atomic E-state index is 6.30. The van der Waals surface area contributed by atoms with Gasteiger partial charge in [-0.1, -0.05) is 156 Å². The molecule has 0 aromatic carbocycles. The van der Waals surface area contributed by atoms with Crippen molar-refractivity contribution in [3.63, 3.8) is 0 Å². The zero-order valence-electron chi connectivity index (χ0n) is 45.9. The van der Waals surface area contributed by atoms with Crippen LogP contribution in [0.1, 0.15) is 240 Å². The molecule has 2 saturated carbocycles. The molecule has 2 aliphatic rings. The molecule has 4 rings (SSSR count). The van der Waals surface area contributed by atoms with Crippen LogP contribution in [0.15, 0.2) is 0 Å². The number of ether oxygens (including phenoxy) is 3. The van der Waals surface area contributed by atoms with Gasteiger partial charge in [0, 0.05) is 58.1 Å². The first-order valence-electron chi connectivity index (χ1n) is 29.9. The molecule has 0 unspecified atom stereocenters. The van der Waals surface area contributed by atoms with E-state index in [4.69, 9.17) is 44.1 Å². The highest BCUT2D eigenvalue weighted by Gasteiger charge is 2.24. The number of hydrogen-bond donors (Lipinski definition) is 6. The summed E-state index contributed by atoms with van der Waals surface area (Å²) >= 11 is 0. The quantitative estimate of drug-likeness (QED) is 0.0345. The molecule has 2 fully saturated rings. The minimum atomic E-state index is 0.296. The van der Waals surface area contributed by atoms with Crippen molar-refractivity contribution in [1.29, 1.82) is 0 Å². The highest BCUT2D eigenvalue weighted by Crippen LogP contribution is 2.27. The number of unbranched alkanes of at least 4 members (excludes halogenated alkanes) is 20. The molecule has 0 atom stereocenters. The first kappa shape index (κ1) is 60.3. The minimum Gasteiger partial charge on any atom is -0.379 e. The van der Waals surface area contributed by atoms with Crippen molar-refractivity contribution >= 4 is 35.7 Å². The van der Waals surface area contributed by atoms with Crippen LogP contribution in [0.5, 0.6) is 0 Å². The zero-order chi connectivity index (χ0) is 50.1. The van der Waals surface area contributed by atoms with Gasteiger partial charge in [-0.3, -0.25) is 0 Å². The highest BCUT2D eigenvalue weighted by molar-refractivity contribution is 5.44. The SMILES string of the molecule is CCCCCCCCNc1nc(NCCCCCCCC)nc(NC2CCC(COCCOCCCOC3CCC(Nc4nc(NCCCCCCCC)nc(NCCCCCCCC)n4)CC3)CC2)n1. The van der Waals surface area contributed by atoms with Crippen molar-refractivity contribution in [1.82, 2.24) is 29.9 Å². The number of aromatic nitrogens is 6. The van der Waals surface area contributed by atoms with Gasteiger partial charge in [0.25, 0.3) is 0 Å². The molecule has 15 heteroatoms. The Kier molecular flexibility index (Phi) is 34.9. The summed E-state index contributed by atoms with van der Waals surface area (Å²) in [6, 6.07) is 0.689. The normalized spacial score (nSPS) is 18.1. The van der Waals surface area contributed by atoms with Crippen molar-refractivity contribution in [2.45, 2.75) is 258 Å². The second kappa shape index (κ2) is 41.1. The molecular weight excluding hydrogens is 889 g/mol. The van der Waals surface area contributed by atoms with Crippen molar-refractivity contribution in [3.8, 4) is 0 Å². The molecule has 0 radical (unpaired) electrons. The molecule has 0 saturated heterocycles. The van der Waals surface area contributed by atoms with Crippen LogP contribution < -0.4 is 31.9 Å². The van der Waals surface area contributed by atoms with Crippen molar-refractivity contribution < 1.29 is 14.2 Å². The maximum Gasteiger partial charge on any atom is 0.229 e. The Morgan fingerprint density at radius 2 is 0.676 bits per heavy atom. The van der Waals surface area contributed by atoms with Crippen LogP contribution in [0.4, 0.5) is 35.7 Å². The smallest absolute Gasteiger partial charge is 0.229 e. The first-order chi connectivity index (χ1) is 35.1. The first-order valence-corrected chi connectivity index (χ1v) is 29.9. The molecule has 0 spiro atoms. The molecule has 0 bridgehead atoms. The fourth-order valence-corrected chi connectivity index (χ4v) is 9.71. The average molecular weight is 996 g/mol. The third-order valence-corrected chi connectivity index (χ3v) is 14.2. The largest absolute Gasteiger partial charge is 0.379 e. The number of anilines is 6. The molecule has 15 nitrogen and oxygen atoms in total. The van der Waals surface area contributed by atoms with Gasteiger partial charge in [0.05, 0.1) is 19.3 Å². The summed E-state index contributed by atoms with van der Waals surface area (Å²) in [6.45, 7) is 16.1. The molecule has 71 heavy (non-hydrogen) atoms. The number of nitrogens with zero attached hydrogens (tertiary/aromatic N) is 6. The van der Waals surface area contributed by atoms with Crippen LogP contribution in [0.3, 0.4) is 0 Å². The topological polar surface area (TPSA) is 177 Å². The lowest BCUT2D eigenvalue weighted by molar-refractivity contribution is -0.000724. The second-order valence-electron chi connectivity index (χ2n) is 20.8. The Hall–Kier alpha value is -3.30. The van der Waals surface area contributed by atoms with E-state index in [0.717, 1.165) is 123 Å². The van der Waals surface area contributed by atoms with Gasteiger partial charge < -0.3 is 46.1 Å². The van der Waals surface area contributed by atoms with Crippen LogP contribution in [0.25, 0.3) is 0 Å². The van der Waals surface area contributed by atoms with Gasteiger partial charge in [-0.2, -0.15) is 29.9 Å². The molecule has 2 aliphatic carbocycles. The van der Waals surface area contributed by atoms with Crippen LogP contribution in [0.2, 0.25) is 0 Å². The van der Waals surface area contributed by atoms with E-state index in [1.54, 1.807) is 0 Å². The van der Waals surface area contributed by atoms with Crippen molar-refractivity contribution in [3.05, 3.63) is 0 Å². The molecule has 0 aliphatic heterocycles. The van der Waals surface area contributed by atoms with E-state index >= 15 is 0 Å². The van der Waals surface area contributed by atoms with Gasteiger partial charge in [-0.15, -0.1) is 0 Å². The molecule has 408 valence electrons. The van der Waals surface area contributed by atoms with Crippen LogP contribution >= 0.6 is 0 Å². The lowest BCUT2D eigenvalue weighted by Crippen LogP contribution is -2.31. The lowest BCUT2D eigenvalue weighted by atomic mass is 9.86. The summed E-state index contributed by atoms with van der Waals surface area (Å²) in [5.41, 5.74) is 0. The highest BCUT2D eigenvalue weighted by atomic mass is 16.5. The van der Waals surface area contributed by atoms with Crippen molar-refractivity contribution in [2.75, 3.05) is 91.1 Å². The third-order valence-electron chi connectivity index (χ3n) is 14.2. The fourth-order valence-electron chi connectivity index (χ4n) is 9.71. The van der Waals surface area contributed by atoms with Gasteiger partial charge >= 0.3 is 0 Å². The lowest BCUT2D eigenvalue weighted by Gasteiger charge is -2.29. The monoisotopic (exact) mass is 995 g/mol. The maximum absolute atomic E-state index is 6.30. The van der Waals surface area contributed by atoms with Gasteiger partial charge in [-0.25, -0.2) is 0 Å². The second-order valence-corrected chi connectivity index (χ2v) is 20.8. The van der Waals surface area contributed by atoms with Crippen LogP contribution in [0, 0.1) is 5.92 Å². The van der Waals surface area contributed by atoms with E-state index in [9.17, 15) is 0 Å². The fraction of sp³-hybridized carbons (Fsp3) is 0.893. The Balaban J connectivity index is 1.05. The van der Waals surface area contributed by atoms with Gasteiger partial charge in [-0.05, 0) is 89.4 Å². The van der Waals surface area contributed by atoms with Crippen LogP contribution in [-0.4, -0.2) is 107 Å².